The van der Waals surface area contributed by atoms with E-state index in [9.17, 15) is 18.3 Å². The second-order valence-corrected chi connectivity index (χ2v) is 7.80. The molecule has 1 saturated heterocycles. The van der Waals surface area contributed by atoms with Crippen LogP contribution in [0.25, 0.3) is 0 Å². The first-order valence-corrected chi connectivity index (χ1v) is 8.12. The molecule has 1 aromatic rings. The van der Waals surface area contributed by atoms with Crippen LogP contribution < -0.4 is 0 Å². The number of carboxylic acids is 1. The van der Waals surface area contributed by atoms with E-state index in [1.165, 1.54) is 16.4 Å². The van der Waals surface area contributed by atoms with Crippen molar-refractivity contribution in [2.75, 3.05) is 13.1 Å². The number of halogens is 1. The smallest absolute Gasteiger partial charge is 0.335 e. The van der Waals surface area contributed by atoms with Gasteiger partial charge in [-0.1, -0.05) is 0 Å². The summed E-state index contributed by atoms with van der Waals surface area (Å²) in [5.41, 5.74) is -1.15. The van der Waals surface area contributed by atoms with Crippen LogP contribution in [-0.4, -0.2) is 47.6 Å². The van der Waals surface area contributed by atoms with Crippen molar-refractivity contribution in [3.05, 3.63) is 28.2 Å². The molecule has 0 aliphatic carbocycles. The molecule has 0 aromatic heterocycles. The van der Waals surface area contributed by atoms with Crippen LogP contribution in [0.3, 0.4) is 0 Å². The number of carbonyl (C=O) groups is 1. The summed E-state index contributed by atoms with van der Waals surface area (Å²) in [6, 6.07) is 3.84. The van der Waals surface area contributed by atoms with Gasteiger partial charge in [-0.2, -0.15) is 4.31 Å². The minimum atomic E-state index is -3.83. The van der Waals surface area contributed by atoms with E-state index in [1.807, 2.05) is 0 Å². The highest BCUT2D eigenvalue weighted by Crippen LogP contribution is 2.31. The van der Waals surface area contributed by atoms with Gasteiger partial charge in [-0.05, 0) is 47.5 Å². The molecule has 0 radical (unpaired) electrons. The van der Waals surface area contributed by atoms with Crippen molar-refractivity contribution in [1.29, 1.82) is 0 Å². The van der Waals surface area contributed by atoms with E-state index in [1.54, 1.807) is 6.92 Å². The predicted molar refractivity (Wildman–Crippen MR) is 75.1 cm³/mol. The molecule has 1 aliphatic rings. The zero-order chi connectivity index (χ0) is 15.1. The number of rotatable bonds is 3. The maximum atomic E-state index is 12.5. The number of hydrogen-bond acceptors (Lipinski definition) is 4. The number of nitrogens with zero attached hydrogens (tertiary/aromatic N) is 1. The topological polar surface area (TPSA) is 94.9 Å². The van der Waals surface area contributed by atoms with Crippen LogP contribution in [0.4, 0.5) is 0 Å². The van der Waals surface area contributed by atoms with E-state index in [4.69, 9.17) is 5.11 Å². The summed E-state index contributed by atoms with van der Waals surface area (Å²) < 4.78 is 26.5. The lowest BCUT2D eigenvalue weighted by atomic mass is 10.1. The molecule has 0 spiro atoms. The molecule has 110 valence electrons. The standard InChI is InChI=1S/C12H14BrNO5S/c1-12(17)4-5-14(7-12)20(18,19)10-6-8(11(15)16)2-3-9(10)13/h2-3,6,17H,4-5,7H2,1H3,(H,15,16). The molecule has 8 heteroatoms. The van der Waals surface area contributed by atoms with Gasteiger partial charge < -0.3 is 10.2 Å². The second-order valence-electron chi connectivity index (χ2n) is 5.04. The zero-order valence-electron chi connectivity index (χ0n) is 10.7. The van der Waals surface area contributed by atoms with Gasteiger partial charge in [0.25, 0.3) is 0 Å². The lowest BCUT2D eigenvalue weighted by Crippen LogP contribution is -2.34. The number of hydrogen-bond donors (Lipinski definition) is 2. The van der Waals surface area contributed by atoms with Gasteiger partial charge in [0, 0.05) is 17.6 Å². The Balaban J connectivity index is 2.45. The molecule has 6 nitrogen and oxygen atoms in total. The summed E-state index contributed by atoms with van der Waals surface area (Å²) in [4.78, 5) is 10.9. The van der Waals surface area contributed by atoms with Crippen molar-refractivity contribution in [2.45, 2.75) is 23.8 Å². The highest BCUT2D eigenvalue weighted by molar-refractivity contribution is 9.10. The van der Waals surface area contributed by atoms with Gasteiger partial charge >= 0.3 is 5.97 Å². The van der Waals surface area contributed by atoms with E-state index in [0.29, 0.717) is 10.9 Å². The molecule has 1 aliphatic heterocycles. The minimum Gasteiger partial charge on any atom is -0.478 e. The molecule has 1 atom stereocenters. The molecular weight excluding hydrogens is 350 g/mol. The molecule has 0 bridgehead atoms. The largest absolute Gasteiger partial charge is 0.478 e. The Labute approximate surface area is 125 Å². The van der Waals surface area contributed by atoms with Crippen LogP contribution in [0.2, 0.25) is 0 Å². The number of sulfonamides is 1. The third kappa shape index (κ3) is 2.88. The maximum absolute atomic E-state index is 12.5. The summed E-state index contributed by atoms with van der Waals surface area (Å²) >= 11 is 3.13. The van der Waals surface area contributed by atoms with Gasteiger partial charge in [-0.3, -0.25) is 0 Å². The fourth-order valence-electron chi connectivity index (χ4n) is 2.08. The summed E-state index contributed by atoms with van der Waals surface area (Å²) in [7, 11) is -3.83. The average Bonchev–Trinajstić information content (AvgIpc) is 2.70. The van der Waals surface area contributed by atoms with E-state index in [-0.39, 0.29) is 23.5 Å². The highest BCUT2D eigenvalue weighted by atomic mass is 79.9. The molecule has 2 rings (SSSR count). The summed E-state index contributed by atoms with van der Waals surface area (Å²) in [6.45, 7) is 1.78. The van der Waals surface area contributed by atoms with Crippen molar-refractivity contribution >= 4 is 31.9 Å². The van der Waals surface area contributed by atoms with E-state index in [0.717, 1.165) is 6.07 Å². The Morgan fingerprint density at radius 2 is 2.10 bits per heavy atom. The SMILES string of the molecule is CC1(O)CCN(S(=O)(=O)c2cc(C(=O)O)ccc2Br)C1. The summed E-state index contributed by atoms with van der Waals surface area (Å²) in [5.74, 6) is -1.19. The monoisotopic (exact) mass is 363 g/mol. The first-order valence-electron chi connectivity index (χ1n) is 5.89. The maximum Gasteiger partial charge on any atom is 0.335 e. The first kappa shape index (κ1) is 15.4. The molecule has 1 aromatic carbocycles. The van der Waals surface area contributed by atoms with Crippen molar-refractivity contribution in [3.63, 3.8) is 0 Å². The fourth-order valence-corrected chi connectivity index (χ4v) is 4.59. The summed E-state index contributed by atoms with van der Waals surface area (Å²) in [5, 5.41) is 18.8. The molecule has 0 amide bonds. The predicted octanol–water partition coefficient (Wildman–Crippen LogP) is 1.29. The lowest BCUT2D eigenvalue weighted by Gasteiger charge is -2.19. The Bertz CT molecular complexity index is 656. The number of aliphatic hydroxyl groups is 1. The van der Waals surface area contributed by atoms with Crippen LogP contribution in [0.5, 0.6) is 0 Å². The number of benzene rings is 1. The van der Waals surface area contributed by atoms with Crippen molar-refractivity contribution in [2.24, 2.45) is 0 Å². The van der Waals surface area contributed by atoms with Crippen molar-refractivity contribution in [1.82, 2.24) is 4.31 Å². The highest BCUT2D eigenvalue weighted by Gasteiger charge is 2.39. The van der Waals surface area contributed by atoms with E-state index < -0.39 is 21.6 Å². The fraction of sp³-hybridized carbons (Fsp3) is 0.417. The Morgan fingerprint density at radius 3 is 2.60 bits per heavy atom. The lowest BCUT2D eigenvalue weighted by molar-refractivity contribution is 0.0695. The van der Waals surface area contributed by atoms with Crippen LogP contribution in [-0.2, 0) is 10.0 Å². The van der Waals surface area contributed by atoms with Gasteiger partial charge in [-0.15, -0.1) is 0 Å². The van der Waals surface area contributed by atoms with Gasteiger partial charge in [-0.25, -0.2) is 13.2 Å². The zero-order valence-corrected chi connectivity index (χ0v) is 13.1. The van der Waals surface area contributed by atoms with Gasteiger partial charge in [0.2, 0.25) is 10.0 Å². The van der Waals surface area contributed by atoms with Gasteiger partial charge in [0.05, 0.1) is 16.1 Å². The van der Waals surface area contributed by atoms with Crippen LogP contribution in [0.15, 0.2) is 27.6 Å². The van der Waals surface area contributed by atoms with Crippen molar-refractivity contribution in [3.8, 4) is 0 Å². The first-order chi connectivity index (χ1) is 9.13. The molecule has 1 unspecified atom stereocenters. The second kappa shape index (κ2) is 5.10. The average molecular weight is 364 g/mol. The summed E-state index contributed by atoms with van der Waals surface area (Å²) in [6.07, 6.45) is 0.350. The Morgan fingerprint density at radius 1 is 1.45 bits per heavy atom. The number of carboxylic acid groups (broad SMARTS) is 1. The Hall–Kier alpha value is -0.960. The minimum absolute atomic E-state index is 0.000920. The Kier molecular flexibility index (Phi) is 3.94. The van der Waals surface area contributed by atoms with Crippen LogP contribution >= 0.6 is 15.9 Å². The number of β-amino-alcohol motifs (C(OH)–C–C–N with tert-alkyl or cyclic N) is 1. The van der Waals surface area contributed by atoms with E-state index >= 15 is 0 Å². The molecule has 0 saturated carbocycles. The quantitative estimate of drug-likeness (QED) is 0.843. The van der Waals surface area contributed by atoms with Crippen LogP contribution in [0.1, 0.15) is 23.7 Å². The third-order valence-corrected chi connectivity index (χ3v) is 6.05. The third-order valence-electron chi connectivity index (χ3n) is 3.21. The van der Waals surface area contributed by atoms with Gasteiger partial charge in [0.15, 0.2) is 0 Å². The van der Waals surface area contributed by atoms with E-state index in [2.05, 4.69) is 15.9 Å². The number of aromatic carboxylic acids is 1. The normalized spacial score (nSPS) is 23.9. The molecule has 20 heavy (non-hydrogen) atoms. The molecule has 2 N–H and O–H groups in total. The molecular formula is C12H14BrNO5S. The molecule has 1 fully saturated rings. The van der Waals surface area contributed by atoms with Gasteiger partial charge in [0.1, 0.15) is 0 Å². The van der Waals surface area contributed by atoms with Crippen molar-refractivity contribution < 1.29 is 23.4 Å². The molecule has 1 heterocycles. The van der Waals surface area contributed by atoms with Crippen LogP contribution in [0, 0.1) is 0 Å².